The maximum Gasteiger partial charge on any atom is 0.341 e. The van der Waals surface area contributed by atoms with Gasteiger partial charge in [0.2, 0.25) is 0 Å². The van der Waals surface area contributed by atoms with Gasteiger partial charge < -0.3 is 9.84 Å². The van der Waals surface area contributed by atoms with E-state index in [0.29, 0.717) is 10.8 Å². The summed E-state index contributed by atoms with van der Waals surface area (Å²) in [6.45, 7) is -0.390. The molecule has 3 nitrogen and oxygen atoms in total. The lowest BCUT2D eigenvalue weighted by Gasteiger charge is -2.10. The van der Waals surface area contributed by atoms with Crippen molar-refractivity contribution in [3.63, 3.8) is 0 Å². The second-order valence-corrected chi connectivity index (χ2v) is 8.46. The number of hydrogen-bond donors (Lipinski definition) is 1. The molecule has 3 aromatic rings. The van der Waals surface area contributed by atoms with Crippen molar-refractivity contribution in [3.8, 4) is 5.75 Å². The van der Waals surface area contributed by atoms with Crippen LogP contribution in [0.2, 0.25) is 5.02 Å². The molecule has 0 aliphatic carbocycles. The molecular formula is C23H18BrClO3S. The molecular weight excluding hydrogens is 472 g/mol. The van der Waals surface area contributed by atoms with E-state index in [4.69, 9.17) is 21.4 Å². The van der Waals surface area contributed by atoms with E-state index in [-0.39, 0.29) is 6.61 Å². The number of benzene rings is 3. The molecule has 0 heterocycles. The predicted molar refractivity (Wildman–Crippen MR) is 123 cm³/mol. The van der Waals surface area contributed by atoms with E-state index in [1.165, 1.54) is 0 Å². The number of aliphatic carboxylic acids is 1. The van der Waals surface area contributed by atoms with Crippen LogP contribution >= 0.6 is 39.3 Å². The van der Waals surface area contributed by atoms with Crippen molar-refractivity contribution in [1.82, 2.24) is 0 Å². The molecule has 6 heteroatoms. The summed E-state index contributed by atoms with van der Waals surface area (Å²) in [6.07, 6.45) is 2.19. The average molecular weight is 490 g/mol. The fraction of sp³-hybridized carbons (Fsp3) is 0.0870. The number of halogens is 2. The summed E-state index contributed by atoms with van der Waals surface area (Å²) >= 11 is 11.4. The Morgan fingerprint density at radius 1 is 1.03 bits per heavy atom. The molecule has 0 bridgehead atoms. The van der Waals surface area contributed by atoms with Crippen molar-refractivity contribution in [2.24, 2.45) is 0 Å². The topological polar surface area (TPSA) is 46.5 Å². The Morgan fingerprint density at radius 2 is 1.72 bits per heavy atom. The lowest BCUT2D eigenvalue weighted by molar-refractivity contribution is -0.139. The maximum absolute atomic E-state index is 10.6. The molecule has 29 heavy (non-hydrogen) atoms. The molecule has 0 unspecified atom stereocenters. The molecule has 0 spiro atoms. The molecule has 0 aliphatic rings. The van der Waals surface area contributed by atoms with E-state index in [1.54, 1.807) is 23.9 Å². The van der Waals surface area contributed by atoms with Crippen molar-refractivity contribution in [2.45, 2.75) is 4.90 Å². The van der Waals surface area contributed by atoms with Crippen LogP contribution in [-0.2, 0) is 4.79 Å². The van der Waals surface area contributed by atoms with Crippen LogP contribution in [0.3, 0.4) is 0 Å². The number of carbonyl (C=O) groups is 1. The van der Waals surface area contributed by atoms with Crippen LogP contribution in [0.15, 0.2) is 88.2 Å². The first kappa shape index (κ1) is 21.5. The Hall–Kier alpha value is -2.21. The van der Waals surface area contributed by atoms with Gasteiger partial charge in [-0.25, -0.2) is 4.79 Å². The second-order valence-electron chi connectivity index (χ2n) is 6.08. The molecule has 0 fully saturated rings. The zero-order valence-electron chi connectivity index (χ0n) is 15.3. The highest BCUT2D eigenvalue weighted by molar-refractivity contribution is 9.10. The molecule has 148 valence electrons. The monoisotopic (exact) mass is 488 g/mol. The van der Waals surface area contributed by atoms with Crippen molar-refractivity contribution in [2.75, 3.05) is 12.4 Å². The summed E-state index contributed by atoms with van der Waals surface area (Å²) in [5.41, 5.74) is 3.45. The third-order valence-corrected chi connectivity index (χ3v) is 5.99. The lowest BCUT2D eigenvalue weighted by atomic mass is 9.98. The van der Waals surface area contributed by atoms with Crippen LogP contribution in [0, 0.1) is 0 Å². The minimum Gasteiger partial charge on any atom is -0.482 e. The highest BCUT2D eigenvalue weighted by Crippen LogP contribution is 2.32. The largest absolute Gasteiger partial charge is 0.482 e. The molecule has 0 atom stereocenters. The standard InChI is InChI=1S/C23H18BrClO3S/c24-18-8-6-17(7-9-18)20(16-4-2-1-3-5-16)12-13-29-22-11-10-19(14-21(22)25)28-15-23(26)27/h1-12,14H,13,15H2,(H,26,27). The molecule has 3 rings (SSSR count). The molecule has 0 amide bonds. The van der Waals surface area contributed by atoms with Crippen LogP contribution in [0.25, 0.3) is 5.57 Å². The number of carboxylic acid groups (broad SMARTS) is 1. The van der Waals surface area contributed by atoms with E-state index < -0.39 is 5.97 Å². The number of ether oxygens (including phenoxy) is 1. The van der Waals surface area contributed by atoms with Crippen LogP contribution in [0.5, 0.6) is 5.75 Å². The van der Waals surface area contributed by atoms with Gasteiger partial charge in [0, 0.05) is 15.1 Å². The van der Waals surface area contributed by atoms with E-state index >= 15 is 0 Å². The van der Waals surface area contributed by atoms with Gasteiger partial charge in [0.1, 0.15) is 5.75 Å². The number of thioether (sulfide) groups is 1. The van der Waals surface area contributed by atoms with Gasteiger partial charge >= 0.3 is 5.97 Å². The summed E-state index contributed by atoms with van der Waals surface area (Å²) in [5, 5.41) is 9.24. The van der Waals surface area contributed by atoms with Gasteiger partial charge in [0.15, 0.2) is 6.61 Å². The summed E-state index contributed by atoms with van der Waals surface area (Å²) in [7, 11) is 0. The van der Waals surface area contributed by atoms with Gasteiger partial charge in [-0.15, -0.1) is 11.8 Å². The zero-order valence-corrected chi connectivity index (χ0v) is 18.5. The summed E-state index contributed by atoms with van der Waals surface area (Å²) in [6, 6.07) is 23.7. The quantitative estimate of drug-likeness (QED) is 0.354. The molecule has 1 N–H and O–H groups in total. The van der Waals surface area contributed by atoms with E-state index in [0.717, 1.165) is 31.8 Å². The smallest absolute Gasteiger partial charge is 0.341 e. The van der Waals surface area contributed by atoms with Gasteiger partial charge in [0.25, 0.3) is 0 Å². The minimum absolute atomic E-state index is 0.390. The third-order valence-electron chi connectivity index (χ3n) is 4.03. The van der Waals surface area contributed by atoms with E-state index in [2.05, 4.69) is 46.3 Å². The van der Waals surface area contributed by atoms with Crippen molar-refractivity contribution >= 4 is 50.8 Å². The highest BCUT2D eigenvalue weighted by atomic mass is 79.9. The Morgan fingerprint density at radius 3 is 2.38 bits per heavy atom. The van der Waals surface area contributed by atoms with Gasteiger partial charge in [-0.05, 0) is 47.0 Å². The fourth-order valence-electron chi connectivity index (χ4n) is 2.70. The summed E-state index contributed by atoms with van der Waals surface area (Å²) in [4.78, 5) is 11.5. The van der Waals surface area contributed by atoms with Gasteiger partial charge in [-0.2, -0.15) is 0 Å². The number of carboxylic acids is 1. The fourth-order valence-corrected chi connectivity index (χ4v) is 4.09. The Balaban J connectivity index is 1.76. The van der Waals surface area contributed by atoms with E-state index in [9.17, 15) is 4.79 Å². The summed E-state index contributed by atoms with van der Waals surface area (Å²) in [5.74, 6) is 0.151. The number of rotatable bonds is 8. The zero-order chi connectivity index (χ0) is 20.6. The Bertz CT molecular complexity index is 1000. The van der Waals surface area contributed by atoms with Crippen LogP contribution in [0.1, 0.15) is 11.1 Å². The lowest BCUT2D eigenvalue weighted by Crippen LogP contribution is -2.09. The van der Waals surface area contributed by atoms with Gasteiger partial charge in [-0.3, -0.25) is 0 Å². The Kier molecular flexibility index (Phi) is 7.81. The van der Waals surface area contributed by atoms with Crippen LogP contribution in [-0.4, -0.2) is 23.4 Å². The normalized spacial score (nSPS) is 11.3. The average Bonchev–Trinajstić information content (AvgIpc) is 2.72. The maximum atomic E-state index is 10.6. The van der Waals surface area contributed by atoms with Crippen LogP contribution < -0.4 is 4.74 Å². The minimum atomic E-state index is -1.02. The molecule has 0 aliphatic heterocycles. The first-order valence-corrected chi connectivity index (χ1v) is 11.0. The molecule has 0 saturated heterocycles. The van der Waals surface area contributed by atoms with E-state index in [1.807, 2.05) is 36.4 Å². The molecule has 0 aromatic heterocycles. The van der Waals surface area contributed by atoms with Gasteiger partial charge in [0.05, 0.1) is 5.02 Å². The Labute approximate surface area is 187 Å². The molecule has 0 radical (unpaired) electrons. The first-order valence-electron chi connectivity index (χ1n) is 8.81. The van der Waals surface area contributed by atoms with Crippen molar-refractivity contribution in [3.05, 3.63) is 99.5 Å². The second kappa shape index (κ2) is 10.5. The SMILES string of the molecule is O=C(O)COc1ccc(SCC=C(c2ccccc2)c2ccc(Br)cc2)c(Cl)c1. The molecule has 3 aromatic carbocycles. The first-order chi connectivity index (χ1) is 14.0. The molecule has 0 saturated carbocycles. The van der Waals surface area contributed by atoms with Crippen LogP contribution in [0.4, 0.5) is 0 Å². The predicted octanol–water partition coefficient (Wildman–Crippen LogP) is 6.79. The highest BCUT2D eigenvalue weighted by Gasteiger charge is 2.07. The summed E-state index contributed by atoms with van der Waals surface area (Å²) < 4.78 is 6.20. The third kappa shape index (κ3) is 6.39. The number of hydrogen-bond acceptors (Lipinski definition) is 3. The van der Waals surface area contributed by atoms with Crippen molar-refractivity contribution in [1.29, 1.82) is 0 Å². The van der Waals surface area contributed by atoms with Gasteiger partial charge in [-0.1, -0.05) is 76.1 Å². The van der Waals surface area contributed by atoms with Crippen molar-refractivity contribution < 1.29 is 14.6 Å².